The summed E-state index contributed by atoms with van der Waals surface area (Å²) in [6, 6.07) is 12.6. The number of thioether (sulfide) groups is 1. The lowest BCUT2D eigenvalue weighted by molar-refractivity contribution is -0.117. The summed E-state index contributed by atoms with van der Waals surface area (Å²) in [5, 5.41) is 0.187. The van der Waals surface area contributed by atoms with Gasteiger partial charge in [0.2, 0.25) is 0 Å². The standard InChI is InChI=1S/C14H9ClN2OS2/c15-9-4-3-5-10(8-9)17-13(18)12(20-14(17)19)11-6-1-2-7-16-11/h1-8,12H. The Morgan fingerprint density at radius 2 is 2.10 bits per heavy atom. The van der Waals surface area contributed by atoms with Gasteiger partial charge in [0.1, 0.15) is 9.57 Å². The molecular weight excluding hydrogens is 312 g/mol. The highest BCUT2D eigenvalue weighted by molar-refractivity contribution is 8.24. The molecule has 6 heteroatoms. The van der Waals surface area contributed by atoms with Crippen LogP contribution in [-0.4, -0.2) is 15.2 Å². The Kier molecular flexibility index (Phi) is 3.74. The van der Waals surface area contributed by atoms with Crippen LogP contribution >= 0.6 is 35.6 Å². The van der Waals surface area contributed by atoms with Crippen LogP contribution in [0.25, 0.3) is 0 Å². The van der Waals surface area contributed by atoms with Gasteiger partial charge in [-0.15, -0.1) is 0 Å². The van der Waals surface area contributed by atoms with Crippen molar-refractivity contribution in [1.82, 2.24) is 4.98 Å². The molecule has 1 aliphatic heterocycles. The first-order chi connectivity index (χ1) is 9.66. The van der Waals surface area contributed by atoms with E-state index in [9.17, 15) is 4.79 Å². The Labute approximate surface area is 131 Å². The van der Waals surface area contributed by atoms with Gasteiger partial charge in [0.25, 0.3) is 5.91 Å². The second-order valence-corrected chi connectivity index (χ2v) is 6.35. The zero-order valence-electron chi connectivity index (χ0n) is 10.2. The van der Waals surface area contributed by atoms with Crippen molar-refractivity contribution in [2.24, 2.45) is 0 Å². The molecule has 0 N–H and O–H groups in total. The Morgan fingerprint density at radius 1 is 1.25 bits per heavy atom. The number of hydrogen-bond acceptors (Lipinski definition) is 4. The molecule has 2 aromatic rings. The van der Waals surface area contributed by atoms with Gasteiger partial charge in [-0.25, -0.2) is 0 Å². The summed E-state index contributed by atoms with van der Waals surface area (Å²) >= 11 is 12.6. The highest BCUT2D eigenvalue weighted by Crippen LogP contribution is 2.41. The molecule has 1 aliphatic rings. The van der Waals surface area contributed by atoms with E-state index in [4.69, 9.17) is 23.8 Å². The van der Waals surface area contributed by atoms with E-state index in [1.165, 1.54) is 16.7 Å². The van der Waals surface area contributed by atoms with Crippen LogP contribution in [-0.2, 0) is 4.79 Å². The second kappa shape index (κ2) is 5.52. The van der Waals surface area contributed by atoms with Crippen molar-refractivity contribution in [1.29, 1.82) is 0 Å². The van der Waals surface area contributed by atoms with Crippen LogP contribution in [0.15, 0.2) is 48.7 Å². The number of pyridine rings is 1. The lowest BCUT2D eigenvalue weighted by Gasteiger charge is -2.15. The minimum absolute atomic E-state index is 0.0824. The fraction of sp³-hybridized carbons (Fsp3) is 0.0714. The average molecular weight is 321 g/mol. The van der Waals surface area contributed by atoms with Crippen molar-refractivity contribution in [3.63, 3.8) is 0 Å². The number of carbonyl (C=O) groups excluding carboxylic acids is 1. The Morgan fingerprint density at radius 3 is 2.80 bits per heavy atom. The number of thiocarbonyl (C=S) groups is 1. The van der Waals surface area contributed by atoms with E-state index in [1.807, 2.05) is 24.3 Å². The number of aromatic nitrogens is 1. The molecule has 0 spiro atoms. The first-order valence-corrected chi connectivity index (χ1v) is 7.54. The molecule has 0 radical (unpaired) electrons. The molecule has 3 rings (SSSR count). The lowest BCUT2D eigenvalue weighted by Crippen LogP contribution is -2.29. The summed E-state index contributed by atoms with van der Waals surface area (Å²) in [7, 11) is 0. The third-order valence-electron chi connectivity index (χ3n) is 2.87. The van der Waals surface area contributed by atoms with Crippen LogP contribution in [0.3, 0.4) is 0 Å². The topological polar surface area (TPSA) is 33.2 Å². The first kappa shape index (κ1) is 13.5. The van der Waals surface area contributed by atoms with Gasteiger partial charge in [0.15, 0.2) is 0 Å². The van der Waals surface area contributed by atoms with E-state index in [0.717, 1.165) is 5.69 Å². The monoisotopic (exact) mass is 320 g/mol. The Bertz CT molecular complexity index is 678. The van der Waals surface area contributed by atoms with Crippen LogP contribution in [0.1, 0.15) is 10.9 Å². The third-order valence-corrected chi connectivity index (χ3v) is 4.64. The summed E-state index contributed by atoms with van der Waals surface area (Å²) in [5.41, 5.74) is 1.41. The summed E-state index contributed by atoms with van der Waals surface area (Å²) < 4.78 is 0.521. The Balaban J connectivity index is 1.95. The van der Waals surface area contributed by atoms with Crippen LogP contribution in [0, 0.1) is 0 Å². The maximum atomic E-state index is 12.6. The van der Waals surface area contributed by atoms with Crippen LogP contribution in [0.5, 0.6) is 0 Å². The summed E-state index contributed by atoms with van der Waals surface area (Å²) in [5.74, 6) is -0.0824. The molecule has 1 saturated heterocycles. The number of rotatable bonds is 2. The molecular formula is C14H9ClN2OS2. The van der Waals surface area contributed by atoms with E-state index in [1.54, 1.807) is 24.4 Å². The van der Waals surface area contributed by atoms with Crippen molar-refractivity contribution in [2.45, 2.75) is 5.25 Å². The largest absolute Gasteiger partial charge is 0.272 e. The van der Waals surface area contributed by atoms with Gasteiger partial charge in [0.05, 0.1) is 11.4 Å². The molecule has 3 nitrogen and oxygen atoms in total. The van der Waals surface area contributed by atoms with Crippen molar-refractivity contribution in [3.05, 3.63) is 59.4 Å². The zero-order valence-corrected chi connectivity index (χ0v) is 12.6. The predicted octanol–water partition coefficient (Wildman–Crippen LogP) is 3.84. The molecule has 1 amide bonds. The minimum Gasteiger partial charge on any atom is -0.272 e. The van der Waals surface area contributed by atoms with Gasteiger partial charge in [-0.05, 0) is 30.3 Å². The fourth-order valence-electron chi connectivity index (χ4n) is 1.98. The van der Waals surface area contributed by atoms with E-state index in [-0.39, 0.29) is 11.2 Å². The molecule has 100 valence electrons. The van der Waals surface area contributed by atoms with Crippen LogP contribution < -0.4 is 4.90 Å². The smallest absolute Gasteiger partial charge is 0.252 e. The molecule has 20 heavy (non-hydrogen) atoms. The SMILES string of the molecule is O=C1C(c2ccccn2)SC(=S)N1c1cccc(Cl)c1. The number of carbonyl (C=O) groups is 1. The number of halogens is 1. The summed E-state index contributed by atoms with van der Waals surface area (Å²) in [6.45, 7) is 0. The number of anilines is 1. The molecule has 1 fully saturated rings. The Hall–Kier alpha value is -1.43. The third kappa shape index (κ3) is 2.44. The molecule has 1 atom stereocenters. The lowest BCUT2D eigenvalue weighted by atomic mass is 10.2. The van der Waals surface area contributed by atoms with Gasteiger partial charge < -0.3 is 0 Å². The molecule has 0 bridgehead atoms. The molecule has 0 aliphatic carbocycles. The molecule has 1 aromatic heterocycles. The molecule has 1 unspecified atom stereocenters. The van der Waals surface area contributed by atoms with Crippen molar-refractivity contribution < 1.29 is 4.79 Å². The van der Waals surface area contributed by atoms with Gasteiger partial charge in [-0.3, -0.25) is 14.7 Å². The fourth-order valence-corrected chi connectivity index (χ4v) is 3.61. The predicted molar refractivity (Wildman–Crippen MR) is 86.1 cm³/mol. The normalized spacial score (nSPS) is 18.6. The van der Waals surface area contributed by atoms with Crippen LogP contribution in [0.2, 0.25) is 5.02 Å². The van der Waals surface area contributed by atoms with E-state index in [2.05, 4.69) is 4.98 Å². The van der Waals surface area contributed by atoms with Gasteiger partial charge in [-0.2, -0.15) is 0 Å². The van der Waals surface area contributed by atoms with Crippen molar-refractivity contribution in [3.8, 4) is 0 Å². The summed E-state index contributed by atoms with van der Waals surface area (Å²) in [6.07, 6.45) is 1.67. The highest BCUT2D eigenvalue weighted by Gasteiger charge is 2.39. The number of amides is 1. The highest BCUT2D eigenvalue weighted by atomic mass is 35.5. The number of benzene rings is 1. The van der Waals surface area contributed by atoms with E-state index >= 15 is 0 Å². The maximum Gasteiger partial charge on any atom is 0.252 e. The number of hydrogen-bond donors (Lipinski definition) is 0. The van der Waals surface area contributed by atoms with Crippen molar-refractivity contribution >= 4 is 51.5 Å². The summed E-state index contributed by atoms with van der Waals surface area (Å²) in [4.78, 5) is 18.3. The average Bonchev–Trinajstić information content (AvgIpc) is 2.75. The second-order valence-electron chi connectivity index (χ2n) is 4.17. The minimum atomic E-state index is -0.386. The van der Waals surface area contributed by atoms with E-state index < -0.39 is 0 Å². The molecule has 2 heterocycles. The van der Waals surface area contributed by atoms with Gasteiger partial charge >= 0.3 is 0 Å². The van der Waals surface area contributed by atoms with Gasteiger partial charge in [-0.1, -0.05) is 47.7 Å². The first-order valence-electron chi connectivity index (χ1n) is 5.88. The van der Waals surface area contributed by atoms with Gasteiger partial charge in [0, 0.05) is 11.2 Å². The van der Waals surface area contributed by atoms with E-state index in [0.29, 0.717) is 15.0 Å². The maximum absolute atomic E-state index is 12.6. The zero-order chi connectivity index (χ0) is 14.1. The van der Waals surface area contributed by atoms with Crippen LogP contribution in [0.4, 0.5) is 5.69 Å². The van der Waals surface area contributed by atoms with Crippen molar-refractivity contribution in [2.75, 3.05) is 4.90 Å². The molecule has 0 saturated carbocycles. The molecule has 1 aromatic carbocycles. The number of nitrogens with zero attached hydrogens (tertiary/aromatic N) is 2. The quantitative estimate of drug-likeness (QED) is 0.787.